The fourth-order valence-corrected chi connectivity index (χ4v) is 5.29. The van der Waals surface area contributed by atoms with Crippen LogP contribution in [0.2, 0.25) is 5.02 Å². The molecule has 188 valence electrons. The standard InChI is InChI=1S/C22H26ClN5O6S/c1-14-5-8-18(9-6-14)35(33,34)27-11-3-4-16(13-27)22(30)26-25-15(2)21(29)24-20-10-7-17(28(31)32)12-19(20)23/h5-10,12,15-16,25H,3-4,11,13H2,1-2H3,(H,24,29)(H,26,30). The van der Waals surface area contributed by atoms with E-state index in [1.54, 1.807) is 24.3 Å². The highest BCUT2D eigenvalue weighted by Crippen LogP contribution is 2.27. The number of carbonyl (C=O) groups excluding carboxylic acids is 2. The lowest BCUT2D eigenvalue weighted by atomic mass is 9.99. The topological polar surface area (TPSA) is 151 Å². The highest BCUT2D eigenvalue weighted by Gasteiger charge is 2.33. The van der Waals surface area contributed by atoms with Crippen LogP contribution in [-0.4, -0.2) is 48.6 Å². The second-order valence-electron chi connectivity index (χ2n) is 8.28. The van der Waals surface area contributed by atoms with Crippen LogP contribution in [0, 0.1) is 23.0 Å². The Kier molecular flexibility index (Phi) is 8.43. The Bertz CT molecular complexity index is 1220. The zero-order valence-electron chi connectivity index (χ0n) is 19.2. The molecular weight excluding hydrogens is 498 g/mol. The molecule has 0 radical (unpaired) electrons. The fourth-order valence-electron chi connectivity index (χ4n) is 3.54. The van der Waals surface area contributed by atoms with Crippen LogP contribution >= 0.6 is 11.6 Å². The monoisotopic (exact) mass is 523 g/mol. The quantitative estimate of drug-likeness (QED) is 0.355. The molecule has 2 aromatic carbocycles. The minimum atomic E-state index is -3.72. The van der Waals surface area contributed by atoms with Crippen molar-refractivity contribution in [2.75, 3.05) is 18.4 Å². The molecule has 0 aromatic heterocycles. The van der Waals surface area contributed by atoms with Crippen molar-refractivity contribution >= 4 is 44.8 Å². The van der Waals surface area contributed by atoms with Crippen LogP contribution in [0.4, 0.5) is 11.4 Å². The Morgan fingerprint density at radius 1 is 1.20 bits per heavy atom. The van der Waals surface area contributed by atoms with Crippen LogP contribution in [0.1, 0.15) is 25.3 Å². The van der Waals surface area contributed by atoms with Crippen LogP contribution < -0.4 is 16.2 Å². The number of hydrogen-bond donors (Lipinski definition) is 3. The van der Waals surface area contributed by atoms with Gasteiger partial charge in [0.1, 0.15) is 6.04 Å². The molecule has 2 amide bonds. The first-order chi connectivity index (χ1) is 16.5. The Labute approximate surface area is 208 Å². The Balaban J connectivity index is 1.55. The minimum absolute atomic E-state index is 0.000804. The van der Waals surface area contributed by atoms with Gasteiger partial charge in [0, 0.05) is 25.2 Å². The largest absolute Gasteiger partial charge is 0.323 e. The third-order valence-corrected chi connectivity index (χ3v) is 7.83. The number of sulfonamides is 1. The van der Waals surface area contributed by atoms with E-state index in [4.69, 9.17) is 11.6 Å². The average molecular weight is 524 g/mol. The number of hydrazine groups is 1. The number of nitro benzene ring substituents is 1. The number of halogens is 1. The molecule has 0 bridgehead atoms. The van der Waals surface area contributed by atoms with Gasteiger partial charge in [-0.2, -0.15) is 4.31 Å². The number of benzene rings is 2. The zero-order valence-corrected chi connectivity index (χ0v) is 20.7. The predicted molar refractivity (Wildman–Crippen MR) is 130 cm³/mol. The van der Waals surface area contributed by atoms with E-state index in [0.29, 0.717) is 19.4 Å². The van der Waals surface area contributed by atoms with Gasteiger partial charge in [-0.15, -0.1) is 0 Å². The first-order valence-corrected chi connectivity index (χ1v) is 12.7. The summed E-state index contributed by atoms with van der Waals surface area (Å²) in [7, 11) is -3.72. The molecule has 1 aliphatic heterocycles. The van der Waals surface area contributed by atoms with Gasteiger partial charge in [-0.25, -0.2) is 13.8 Å². The van der Waals surface area contributed by atoms with E-state index in [2.05, 4.69) is 16.2 Å². The molecule has 2 unspecified atom stereocenters. The van der Waals surface area contributed by atoms with Gasteiger partial charge in [-0.05, 0) is 44.9 Å². The first-order valence-electron chi connectivity index (χ1n) is 10.9. The van der Waals surface area contributed by atoms with Crippen molar-refractivity contribution < 1.29 is 22.9 Å². The third-order valence-electron chi connectivity index (χ3n) is 5.64. The molecule has 1 saturated heterocycles. The smallest absolute Gasteiger partial charge is 0.271 e. The van der Waals surface area contributed by atoms with Crippen molar-refractivity contribution in [3.05, 3.63) is 63.2 Å². The lowest BCUT2D eigenvalue weighted by molar-refractivity contribution is -0.384. The van der Waals surface area contributed by atoms with Crippen molar-refractivity contribution in [3.8, 4) is 0 Å². The SMILES string of the molecule is Cc1ccc(S(=O)(=O)N2CCCC(C(=O)NNC(C)C(=O)Nc3ccc([N+](=O)[O-])cc3Cl)C2)cc1. The van der Waals surface area contributed by atoms with E-state index in [1.807, 2.05) is 6.92 Å². The molecule has 0 spiro atoms. The summed E-state index contributed by atoms with van der Waals surface area (Å²) >= 11 is 5.99. The molecule has 2 atom stereocenters. The third kappa shape index (κ3) is 6.54. The van der Waals surface area contributed by atoms with E-state index in [9.17, 15) is 28.1 Å². The van der Waals surface area contributed by atoms with Gasteiger partial charge in [0.2, 0.25) is 21.8 Å². The van der Waals surface area contributed by atoms with Gasteiger partial charge in [0.05, 0.1) is 26.4 Å². The maximum absolute atomic E-state index is 13.0. The number of nitrogens with one attached hydrogen (secondary N) is 3. The number of aryl methyl sites for hydroxylation is 1. The van der Waals surface area contributed by atoms with Crippen molar-refractivity contribution in [1.82, 2.24) is 15.2 Å². The van der Waals surface area contributed by atoms with E-state index in [1.165, 1.54) is 23.4 Å². The molecule has 0 saturated carbocycles. The molecule has 1 aliphatic rings. The van der Waals surface area contributed by atoms with Crippen LogP contribution in [0.5, 0.6) is 0 Å². The number of amides is 2. The number of anilines is 1. The molecule has 2 aromatic rings. The summed E-state index contributed by atoms with van der Waals surface area (Å²) < 4.78 is 27.2. The molecule has 35 heavy (non-hydrogen) atoms. The first kappa shape index (κ1) is 26.5. The van der Waals surface area contributed by atoms with Crippen molar-refractivity contribution in [2.45, 2.75) is 37.6 Å². The molecule has 0 aliphatic carbocycles. The highest BCUT2D eigenvalue weighted by molar-refractivity contribution is 7.89. The van der Waals surface area contributed by atoms with Gasteiger partial charge in [0.25, 0.3) is 5.69 Å². The molecule has 13 heteroatoms. The van der Waals surface area contributed by atoms with E-state index in [0.717, 1.165) is 11.6 Å². The Morgan fingerprint density at radius 3 is 2.51 bits per heavy atom. The van der Waals surface area contributed by atoms with Gasteiger partial charge < -0.3 is 5.32 Å². The van der Waals surface area contributed by atoms with Crippen LogP contribution in [0.15, 0.2) is 47.4 Å². The summed E-state index contributed by atoms with van der Waals surface area (Å²) in [6.45, 7) is 3.72. The molecule has 3 N–H and O–H groups in total. The number of carbonyl (C=O) groups is 2. The predicted octanol–water partition coefficient (Wildman–Crippen LogP) is 2.61. The summed E-state index contributed by atoms with van der Waals surface area (Å²) in [6, 6.07) is 9.32. The van der Waals surface area contributed by atoms with Gasteiger partial charge >= 0.3 is 0 Å². The van der Waals surface area contributed by atoms with Crippen LogP contribution in [-0.2, 0) is 19.6 Å². The van der Waals surface area contributed by atoms with E-state index < -0.39 is 38.7 Å². The van der Waals surface area contributed by atoms with E-state index in [-0.39, 0.29) is 27.8 Å². The average Bonchev–Trinajstić information content (AvgIpc) is 2.83. The van der Waals surface area contributed by atoms with Gasteiger partial charge in [-0.3, -0.25) is 25.1 Å². The summed E-state index contributed by atoms with van der Waals surface area (Å²) in [5.74, 6) is -1.55. The maximum Gasteiger partial charge on any atom is 0.271 e. The summed E-state index contributed by atoms with van der Waals surface area (Å²) in [5, 5.41) is 13.3. The minimum Gasteiger partial charge on any atom is -0.323 e. The van der Waals surface area contributed by atoms with Gasteiger partial charge in [0.15, 0.2) is 0 Å². The molecular formula is C22H26ClN5O6S. The van der Waals surface area contributed by atoms with Crippen molar-refractivity contribution in [3.63, 3.8) is 0 Å². The second-order valence-corrected chi connectivity index (χ2v) is 10.6. The van der Waals surface area contributed by atoms with Crippen LogP contribution in [0.3, 0.4) is 0 Å². The fraction of sp³-hybridized carbons (Fsp3) is 0.364. The number of rotatable bonds is 8. The summed E-state index contributed by atoms with van der Waals surface area (Å²) in [6.07, 6.45) is 1.03. The van der Waals surface area contributed by atoms with E-state index >= 15 is 0 Å². The van der Waals surface area contributed by atoms with Crippen LogP contribution in [0.25, 0.3) is 0 Å². The number of hydrogen-bond acceptors (Lipinski definition) is 7. The molecule has 1 fully saturated rings. The Hall–Kier alpha value is -3.06. The second kappa shape index (κ2) is 11.1. The number of nitrogens with zero attached hydrogens (tertiary/aromatic N) is 2. The number of piperidine rings is 1. The van der Waals surface area contributed by atoms with Crippen molar-refractivity contribution in [1.29, 1.82) is 0 Å². The molecule has 1 heterocycles. The van der Waals surface area contributed by atoms with Gasteiger partial charge in [-0.1, -0.05) is 29.3 Å². The summed E-state index contributed by atoms with van der Waals surface area (Å²) in [4.78, 5) is 35.5. The molecule has 3 rings (SSSR count). The maximum atomic E-state index is 13.0. The Morgan fingerprint density at radius 2 is 1.89 bits per heavy atom. The zero-order chi connectivity index (χ0) is 25.8. The number of nitro groups is 1. The molecule has 11 nitrogen and oxygen atoms in total. The lowest BCUT2D eigenvalue weighted by Crippen LogP contribution is -2.52. The van der Waals surface area contributed by atoms with Crippen molar-refractivity contribution in [2.24, 2.45) is 5.92 Å². The highest BCUT2D eigenvalue weighted by atomic mass is 35.5. The normalized spacial score (nSPS) is 17.4. The lowest BCUT2D eigenvalue weighted by Gasteiger charge is -2.31. The number of non-ortho nitro benzene ring substituents is 1. The summed E-state index contributed by atoms with van der Waals surface area (Å²) in [5.41, 5.74) is 6.01.